The third-order valence-corrected chi connectivity index (χ3v) is 11.0. The van der Waals surface area contributed by atoms with E-state index in [1.54, 1.807) is 0 Å². The van der Waals surface area contributed by atoms with Gasteiger partial charge < -0.3 is 39.4 Å². The van der Waals surface area contributed by atoms with Crippen LogP contribution in [0.2, 0.25) is 0 Å². The molecule has 0 amide bonds. The first kappa shape index (κ1) is 54.9. The van der Waals surface area contributed by atoms with Crippen LogP contribution in [-0.2, 0) is 28.5 Å². The van der Waals surface area contributed by atoms with Gasteiger partial charge in [-0.3, -0.25) is 9.59 Å². The molecule has 0 spiro atoms. The molecule has 0 aliphatic carbocycles. The number of unbranched alkanes of at least 4 members (excludes halogenated alkanes) is 23. The third kappa shape index (κ3) is 31.4. The molecule has 0 bridgehead atoms. The summed E-state index contributed by atoms with van der Waals surface area (Å²) < 4.78 is 22.2. The molecule has 6 atom stereocenters. The summed E-state index contributed by atoms with van der Waals surface area (Å²) in [6.45, 7) is 3.39. The van der Waals surface area contributed by atoms with Gasteiger partial charge in [0.1, 0.15) is 31.0 Å². The molecule has 0 aromatic heterocycles. The Bertz CT molecular complexity index is 1060. The van der Waals surface area contributed by atoms with Gasteiger partial charge in [-0.2, -0.15) is 0 Å². The van der Waals surface area contributed by atoms with E-state index in [0.29, 0.717) is 12.8 Å². The first-order chi connectivity index (χ1) is 28.8. The first-order valence-corrected chi connectivity index (χ1v) is 24.1. The summed E-state index contributed by atoms with van der Waals surface area (Å²) in [7, 11) is 0. The number of rotatable bonds is 40. The Morgan fingerprint density at radius 3 is 1.46 bits per heavy atom. The summed E-state index contributed by atoms with van der Waals surface area (Å²) in [5.41, 5.74) is 0. The fourth-order valence-electron chi connectivity index (χ4n) is 7.15. The van der Waals surface area contributed by atoms with E-state index >= 15 is 0 Å². The largest absolute Gasteiger partial charge is 0.462 e. The van der Waals surface area contributed by atoms with Crippen LogP contribution in [-0.4, -0.2) is 89.0 Å². The lowest BCUT2D eigenvalue weighted by atomic mass is 9.99. The second kappa shape index (κ2) is 40.0. The van der Waals surface area contributed by atoms with Crippen molar-refractivity contribution in [2.45, 2.75) is 243 Å². The Labute approximate surface area is 359 Å². The highest BCUT2D eigenvalue weighted by Gasteiger charge is 2.44. The molecule has 0 aromatic rings. The predicted octanol–water partition coefficient (Wildman–Crippen LogP) is 10.7. The van der Waals surface area contributed by atoms with E-state index in [1.165, 1.54) is 109 Å². The van der Waals surface area contributed by atoms with E-state index in [4.69, 9.17) is 18.9 Å². The molecular formula is C49H88O10. The van der Waals surface area contributed by atoms with Crippen molar-refractivity contribution < 1.29 is 49.0 Å². The number of aliphatic hydroxyl groups is 4. The molecule has 10 heteroatoms. The summed E-state index contributed by atoms with van der Waals surface area (Å²) >= 11 is 0. The lowest BCUT2D eigenvalue weighted by Crippen LogP contribution is -2.59. The highest BCUT2D eigenvalue weighted by atomic mass is 16.7. The van der Waals surface area contributed by atoms with Gasteiger partial charge in [-0.1, -0.05) is 159 Å². The fourth-order valence-corrected chi connectivity index (χ4v) is 7.15. The molecule has 1 heterocycles. The minimum Gasteiger partial charge on any atom is -0.462 e. The molecule has 344 valence electrons. The van der Waals surface area contributed by atoms with Crippen LogP contribution in [0.1, 0.15) is 206 Å². The minimum absolute atomic E-state index is 0.224. The highest BCUT2D eigenvalue weighted by molar-refractivity contribution is 5.70. The van der Waals surface area contributed by atoms with Crippen LogP contribution in [0.15, 0.2) is 36.5 Å². The molecule has 1 fully saturated rings. The number of carbonyl (C=O) groups excluding carboxylic acids is 2. The molecule has 2 unspecified atom stereocenters. The van der Waals surface area contributed by atoms with E-state index < -0.39 is 49.4 Å². The Morgan fingerprint density at radius 2 is 0.949 bits per heavy atom. The van der Waals surface area contributed by atoms with Gasteiger partial charge in [0.05, 0.1) is 13.2 Å². The van der Waals surface area contributed by atoms with Gasteiger partial charge >= 0.3 is 11.9 Å². The number of allylic oxidation sites excluding steroid dienone is 6. The molecule has 0 aromatic carbocycles. The second-order valence-electron chi connectivity index (χ2n) is 16.6. The van der Waals surface area contributed by atoms with Crippen LogP contribution >= 0.6 is 0 Å². The molecular weight excluding hydrogens is 749 g/mol. The molecule has 1 aliphatic heterocycles. The molecule has 1 aliphatic rings. The van der Waals surface area contributed by atoms with Gasteiger partial charge in [0.25, 0.3) is 0 Å². The highest BCUT2D eigenvalue weighted by Crippen LogP contribution is 2.23. The lowest BCUT2D eigenvalue weighted by Gasteiger charge is -2.39. The Balaban J connectivity index is 2.30. The Hall–Kier alpha value is -2.08. The second-order valence-corrected chi connectivity index (χ2v) is 16.6. The monoisotopic (exact) mass is 837 g/mol. The molecule has 1 saturated heterocycles. The third-order valence-electron chi connectivity index (χ3n) is 11.0. The zero-order valence-electron chi connectivity index (χ0n) is 37.5. The maximum atomic E-state index is 12.8. The van der Waals surface area contributed by atoms with Crippen LogP contribution in [0.25, 0.3) is 0 Å². The van der Waals surface area contributed by atoms with Crippen LogP contribution in [0.5, 0.6) is 0 Å². The lowest BCUT2D eigenvalue weighted by molar-refractivity contribution is -0.305. The molecule has 4 N–H and O–H groups in total. The first-order valence-electron chi connectivity index (χ1n) is 24.1. The van der Waals surface area contributed by atoms with E-state index in [2.05, 4.69) is 50.3 Å². The standard InChI is InChI=1S/C49H88O10/c1-3-5-7-9-11-13-15-17-19-20-21-22-24-26-28-30-32-34-36-38-45(52)58-42(41-57-49-48(55)47(54)46(53)43(39-50)59-49)40-56-44(51)37-35-33-31-29-27-25-23-18-16-14-12-10-8-6-4-2/h12,14,17-19,23,42-43,46-50,53-55H,3-11,13,15-16,20-22,24-41H2,1-2H3/b14-12+,19-17+,23-18+/t42-,43-,46+,47?,48?,49-/m1/s1. The van der Waals surface area contributed by atoms with Crippen LogP contribution < -0.4 is 0 Å². The van der Waals surface area contributed by atoms with Crippen molar-refractivity contribution in [3.05, 3.63) is 36.5 Å². The zero-order valence-corrected chi connectivity index (χ0v) is 37.5. The van der Waals surface area contributed by atoms with Gasteiger partial charge in [0.2, 0.25) is 0 Å². The van der Waals surface area contributed by atoms with Crippen LogP contribution in [0.4, 0.5) is 0 Å². The number of esters is 2. The van der Waals surface area contributed by atoms with Crippen LogP contribution in [0.3, 0.4) is 0 Å². The van der Waals surface area contributed by atoms with Crippen molar-refractivity contribution in [3.63, 3.8) is 0 Å². The predicted molar refractivity (Wildman–Crippen MR) is 238 cm³/mol. The van der Waals surface area contributed by atoms with Gasteiger partial charge in [0, 0.05) is 12.8 Å². The van der Waals surface area contributed by atoms with Crippen molar-refractivity contribution in [1.29, 1.82) is 0 Å². The maximum Gasteiger partial charge on any atom is 0.306 e. The van der Waals surface area contributed by atoms with Gasteiger partial charge in [-0.15, -0.1) is 0 Å². The number of hydrogen-bond donors (Lipinski definition) is 4. The topological polar surface area (TPSA) is 152 Å². The minimum atomic E-state index is -1.60. The smallest absolute Gasteiger partial charge is 0.306 e. The van der Waals surface area contributed by atoms with Gasteiger partial charge in [0.15, 0.2) is 12.4 Å². The number of ether oxygens (including phenoxy) is 4. The van der Waals surface area contributed by atoms with Crippen molar-refractivity contribution in [2.75, 3.05) is 19.8 Å². The number of aliphatic hydroxyl groups excluding tert-OH is 4. The van der Waals surface area contributed by atoms with E-state index in [-0.39, 0.29) is 32.0 Å². The number of hydrogen-bond acceptors (Lipinski definition) is 10. The SMILES string of the molecule is CCCCC/C=C/C/C=C/CCCCCCCC(=O)OC[C@H](CO[C@@H]1O[C@H](CO)[C@H](O)C(O)C1O)OC(=O)CCCCCCCCCCC/C=C/CCCCCCCC. The van der Waals surface area contributed by atoms with Gasteiger partial charge in [-0.05, 0) is 70.6 Å². The number of carbonyl (C=O) groups is 2. The molecule has 0 radical (unpaired) electrons. The van der Waals surface area contributed by atoms with Crippen molar-refractivity contribution in [2.24, 2.45) is 0 Å². The molecule has 59 heavy (non-hydrogen) atoms. The van der Waals surface area contributed by atoms with E-state index in [9.17, 15) is 30.0 Å². The molecule has 1 rings (SSSR count). The van der Waals surface area contributed by atoms with E-state index in [1.807, 2.05) is 0 Å². The van der Waals surface area contributed by atoms with Crippen LogP contribution in [0, 0.1) is 0 Å². The fraction of sp³-hybridized carbons (Fsp3) is 0.837. The summed E-state index contributed by atoms with van der Waals surface area (Å²) in [6, 6.07) is 0. The maximum absolute atomic E-state index is 12.8. The normalized spacial score (nSPS) is 20.3. The Kier molecular flexibility index (Phi) is 37.3. The average Bonchev–Trinajstić information content (AvgIpc) is 3.23. The summed E-state index contributed by atoms with van der Waals surface area (Å²) in [6.07, 6.45) is 38.6. The Morgan fingerprint density at radius 1 is 0.525 bits per heavy atom. The van der Waals surface area contributed by atoms with Crippen molar-refractivity contribution in [3.8, 4) is 0 Å². The summed E-state index contributed by atoms with van der Waals surface area (Å²) in [5, 5.41) is 40.1. The van der Waals surface area contributed by atoms with E-state index in [0.717, 1.165) is 57.8 Å². The zero-order chi connectivity index (χ0) is 43.0. The quantitative estimate of drug-likeness (QED) is 0.0267. The molecule has 10 nitrogen and oxygen atoms in total. The summed E-state index contributed by atoms with van der Waals surface area (Å²) in [4.78, 5) is 25.4. The average molecular weight is 837 g/mol. The summed E-state index contributed by atoms with van der Waals surface area (Å²) in [5.74, 6) is -0.821. The van der Waals surface area contributed by atoms with Gasteiger partial charge in [-0.25, -0.2) is 0 Å². The van der Waals surface area contributed by atoms with Crippen molar-refractivity contribution >= 4 is 11.9 Å². The van der Waals surface area contributed by atoms with Crippen molar-refractivity contribution in [1.82, 2.24) is 0 Å². The molecule has 0 saturated carbocycles.